The number of nitrogens with one attached hydrogen (secondary N) is 5. The Morgan fingerprint density at radius 2 is 1.33 bits per heavy atom. The first-order chi connectivity index (χ1) is 22.7. The summed E-state index contributed by atoms with van der Waals surface area (Å²) in [6, 6.07) is -9.51. The van der Waals surface area contributed by atoms with Crippen molar-refractivity contribution in [1.29, 1.82) is 0 Å². The molecule has 1 saturated heterocycles. The lowest BCUT2D eigenvalue weighted by Gasteiger charge is -2.29. The quantitative estimate of drug-likeness (QED) is 0.0618. The Morgan fingerprint density at radius 1 is 0.735 bits per heavy atom. The summed E-state index contributed by atoms with van der Waals surface area (Å²) < 4.78 is 0. The van der Waals surface area contributed by atoms with Gasteiger partial charge in [-0.15, -0.1) is 0 Å². The largest absolute Gasteiger partial charge is 0.481 e. The minimum atomic E-state index is -1.71. The van der Waals surface area contributed by atoms with Crippen molar-refractivity contribution in [3.63, 3.8) is 0 Å². The van der Waals surface area contributed by atoms with Crippen molar-refractivity contribution in [2.75, 3.05) is 6.54 Å². The number of carbonyl (C=O) groups is 9. The SMILES string of the molecule is CC(C)[C@H](NC(=O)[C@@H](N)CCC(=O)O)C(=O)N[C@@H](CC(=O)O)C(=O)N[C@@H](C)C(=O)N[C@@H](C)C(=O)N1CCC[C@H]1C(=O)N[C@H](C(=O)O)[C@@H](C)O. The number of nitrogens with two attached hydrogens (primary N) is 1. The molecular weight excluding hydrogens is 654 g/mol. The van der Waals surface area contributed by atoms with E-state index in [0.29, 0.717) is 6.42 Å². The highest BCUT2D eigenvalue weighted by molar-refractivity contribution is 5.98. The van der Waals surface area contributed by atoms with Crippen LogP contribution in [0, 0.1) is 5.92 Å². The smallest absolute Gasteiger partial charge is 0.328 e. The Labute approximate surface area is 281 Å². The molecule has 1 heterocycles. The summed E-state index contributed by atoms with van der Waals surface area (Å²) >= 11 is 0. The van der Waals surface area contributed by atoms with E-state index in [1.807, 2.05) is 0 Å². The molecule has 0 aromatic heterocycles. The number of hydrogen-bond donors (Lipinski definition) is 10. The van der Waals surface area contributed by atoms with E-state index in [0.717, 1.165) is 4.90 Å². The molecule has 0 aromatic rings. The number of rotatable bonds is 19. The second-order valence-corrected chi connectivity index (χ2v) is 12.1. The van der Waals surface area contributed by atoms with Crippen molar-refractivity contribution in [1.82, 2.24) is 31.5 Å². The molecule has 1 aliphatic rings. The van der Waals surface area contributed by atoms with E-state index < -0.39 is 121 Å². The topological polar surface area (TPSA) is 324 Å². The minimum Gasteiger partial charge on any atom is -0.481 e. The summed E-state index contributed by atoms with van der Waals surface area (Å²) in [5.41, 5.74) is 5.70. The summed E-state index contributed by atoms with van der Waals surface area (Å²) in [4.78, 5) is 112. The van der Waals surface area contributed by atoms with E-state index in [1.165, 1.54) is 20.8 Å². The number of carboxylic acid groups (broad SMARTS) is 3. The van der Waals surface area contributed by atoms with E-state index in [9.17, 15) is 58.5 Å². The summed E-state index contributed by atoms with van der Waals surface area (Å²) in [6.45, 7) is 6.95. The summed E-state index contributed by atoms with van der Waals surface area (Å²) in [5.74, 6) is -9.94. The van der Waals surface area contributed by atoms with E-state index in [1.54, 1.807) is 13.8 Å². The molecule has 0 bridgehead atoms. The lowest BCUT2D eigenvalue weighted by molar-refractivity contribution is -0.147. The normalized spacial score (nSPS) is 18.4. The molecule has 6 amide bonds. The fourth-order valence-corrected chi connectivity index (χ4v) is 4.82. The first kappa shape index (κ1) is 42.2. The van der Waals surface area contributed by atoms with Crippen LogP contribution in [0.1, 0.15) is 66.7 Å². The van der Waals surface area contributed by atoms with Crippen molar-refractivity contribution >= 4 is 53.4 Å². The molecule has 0 spiro atoms. The number of amides is 6. The van der Waals surface area contributed by atoms with Crippen molar-refractivity contribution in [2.45, 2.75) is 115 Å². The van der Waals surface area contributed by atoms with Crippen LogP contribution in [0.15, 0.2) is 0 Å². The zero-order valence-corrected chi connectivity index (χ0v) is 27.9. The lowest BCUT2D eigenvalue weighted by atomic mass is 10.0. The van der Waals surface area contributed by atoms with Crippen LogP contribution >= 0.6 is 0 Å². The number of likely N-dealkylation sites (tertiary alicyclic amines) is 1. The summed E-state index contributed by atoms with van der Waals surface area (Å²) in [6.07, 6.45) is -2.34. The van der Waals surface area contributed by atoms with Crippen molar-refractivity contribution in [2.24, 2.45) is 11.7 Å². The predicted molar refractivity (Wildman–Crippen MR) is 167 cm³/mol. The van der Waals surface area contributed by atoms with Gasteiger partial charge in [0.1, 0.15) is 30.2 Å². The molecule has 1 aliphatic heterocycles. The van der Waals surface area contributed by atoms with Crippen LogP contribution in [0.25, 0.3) is 0 Å². The zero-order chi connectivity index (χ0) is 37.7. The highest BCUT2D eigenvalue weighted by Gasteiger charge is 2.39. The minimum absolute atomic E-state index is 0.124. The number of carbonyl (C=O) groups excluding carboxylic acids is 6. The molecule has 0 unspecified atom stereocenters. The van der Waals surface area contributed by atoms with Gasteiger partial charge in [-0.3, -0.25) is 38.4 Å². The van der Waals surface area contributed by atoms with Gasteiger partial charge in [0.25, 0.3) is 0 Å². The van der Waals surface area contributed by atoms with Crippen molar-refractivity contribution in [3.8, 4) is 0 Å². The number of aliphatic hydroxyl groups excluding tert-OH is 1. The number of hydrogen-bond acceptors (Lipinski definition) is 11. The van der Waals surface area contributed by atoms with Crippen LogP contribution < -0.4 is 32.3 Å². The number of aliphatic carboxylic acids is 3. The third-order valence-electron chi connectivity index (χ3n) is 7.63. The average Bonchev–Trinajstić information content (AvgIpc) is 3.49. The van der Waals surface area contributed by atoms with Gasteiger partial charge >= 0.3 is 17.9 Å². The van der Waals surface area contributed by atoms with Crippen LogP contribution in [-0.2, 0) is 43.2 Å². The van der Waals surface area contributed by atoms with Gasteiger partial charge in [0.2, 0.25) is 35.4 Å². The molecule has 0 saturated carbocycles. The molecule has 49 heavy (non-hydrogen) atoms. The molecule has 8 atom stereocenters. The maximum absolute atomic E-state index is 13.1. The Morgan fingerprint density at radius 3 is 1.84 bits per heavy atom. The van der Waals surface area contributed by atoms with Gasteiger partial charge in [0, 0.05) is 13.0 Å². The van der Waals surface area contributed by atoms with E-state index in [2.05, 4.69) is 26.6 Å². The van der Waals surface area contributed by atoms with Gasteiger partial charge in [-0.05, 0) is 46.0 Å². The van der Waals surface area contributed by atoms with Crippen molar-refractivity contribution in [3.05, 3.63) is 0 Å². The molecule has 11 N–H and O–H groups in total. The molecule has 1 fully saturated rings. The van der Waals surface area contributed by atoms with Gasteiger partial charge < -0.3 is 57.6 Å². The van der Waals surface area contributed by atoms with Gasteiger partial charge in [0.15, 0.2) is 6.04 Å². The predicted octanol–water partition coefficient (Wildman–Crippen LogP) is -3.77. The first-order valence-electron chi connectivity index (χ1n) is 15.6. The molecule has 0 aliphatic carbocycles. The molecule has 1 rings (SSSR count). The van der Waals surface area contributed by atoms with Gasteiger partial charge in [0.05, 0.1) is 18.6 Å². The summed E-state index contributed by atoms with van der Waals surface area (Å²) in [7, 11) is 0. The van der Waals surface area contributed by atoms with Gasteiger partial charge in [-0.1, -0.05) is 13.8 Å². The average molecular weight is 702 g/mol. The van der Waals surface area contributed by atoms with Crippen LogP contribution in [0.4, 0.5) is 0 Å². The molecule has 20 heteroatoms. The zero-order valence-electron chi connectivity index (χ0n) is 27.9. The Kier molecular flexibility index (Phi) is 16.5. The van der Waals surface area contributed by atoms with Gasteiger partial charge in [-0.2, -0.15) is 0 Å². The van der Waals surface area contributed by atoms with Crippen LogP contribution in [-0.4, -0.2) is 134 Å². The first-order valence-corrected chi connectivity index (χ1v) is 15.6. The highest BCUT2D eigenvalue weighted by atomic mass is 16.4. The standard InChI is InChI=1S/C29H47N7O13/c1-12(2)21(34-24(43)16(30)8-9-19(38)39)27(46)33-17(11-20(40)41)25(44)31-13(3)23(42)32-14(4)28(47)36-10-6-7-18(36)26(45)35-22(15(5)37)29(48)49/h12-18,21-22,37H,6-11,30H2,1-5H3,(H,31,44)(H,32,42)(H,33,46)(H,34,43)(H,35,45)(H,38,39)(H,40,41)(H,48,49)/t13-,14-,15+,16-,17-,18-,21-,22-/m0/s1. The second kappa shape index (κ2) is 19.2. The fraction of sp³-hybridized carbons (Fsp3) is 0.690. The van der Waals surface area contributed by atoms with E-state index in [4.69, 9.17) is 10.8 Å². The van der Waals surface area contributed by atoms with Crippen LogP contribution in [0.3, 0.4) is 0 Å². The Bertz CT molecular complexity index is 1270. The molecular formula is C29H47N7O13. The third-order valence-corrected chi connectivity index (χ3v) is 7.63. The molecule has 0 aromatic carbocycles. The third kappa shape index (κ3) is 13.3. The highest BCUT2D eigenvalue weighted by Crippen LogP contribution is 2.19. The second-order valence-electron chi connectivity index (χ2n) is 12.1. The lowest BCUT2D eigenvalue weighted by Crippen LogP contribution is -2.60. The van der Waals surface area contributed by atoms with E-state index >= 15 is 0 Å². The van der Waals surface area contributed by atoms with E-state index in [-0.39, 0.29) is 19.4 Å². The molecule has 276 valence electrons. The Hall–Kier alpha value is -4.85. The molecule has 20 nitrogen and oxygen atoms in total. The monoisotopic (exact) mass is 701 g/mol. The maximum atomic E-state index is 13.1. The van der Waals surface area contributed by atoms with Crippen molar-refractivity contribution < 1.29 is 63.6 Å². The number of aliphatic hydroxyl groups is 1. The Balaban J connectivity index is 2.91. The number of nitrogens with zero attached hydrogens (tertiary/aromatic N) is 1. The van der Waals surface area contributed by atoms with Crippen LogP contribution in [0.5, 0.6) is 0 Å². The summed E-state index contributed by atoms with van der Waals surface area (Å²) in [5, 5.41) is 48.5. The maximum Gasteiger partial charge on any atom is 0.328 e. The molecule has 0 radical (unpaired) electrons. The number of carboxylic acids is 3. The van der Waals surface area contributed by atoms with Crippen LogP contribution in [0.2, 0.25) is 0 Å². The van der Waals surface area contributed by atoms with Gasteiger partial charge in [-0.25, -0.2) is 4.79 Å². The fourth-order valence-electron chi connectivity index (χ4n) is 4.82.